The number of hydrogen-bond donors (Lipinski definition) is 1. The van der Waals surface area contributed by atoms with Gasteiger partial charge >= 0.3 is 0 Å². The highest BCUT2D eigenvalue weighted by Crippen LogP contribution is 2.48. The Morgan fingerprint density at radius 2 is 1.88 bits per heavy atom. The van der Waals surface area contributed by atoms with Crippen LogP contribution < -0.4 is 5.06 Å². The van der Waals surface area contributed by atoms with Crippen LogP contribution in [0, 0.1) is 10.6 Å². The van der Waals surface area contributed by atoms with Crippen molar-refractivity contribution in [1.29, 1.82) is 5.41 Å². The van der Waals surface area contributed by atoms with Gasteiger partial charge in [0.1, 0.15) is 0 Å². The molecule has 1 N–H and O–H groups in total. The van der Waals surface area contributed by atoms with Gasteiger partial charge in [0.15, 0.2) is 0 Å². The van der Waals surface area contributed by atoms with Crippen molar-refractivity contribution in [3.05, 3.63) is 25.8 Å². The second-order valence-corrected chi connectivity index (χ2v) is 5.16. The molecule has 16 heavy (non-hydrogen) atoms. The number of hydrogen-bond acceptors (Lipinski definition) is 4. The average molecular weight is 297 g/mol. The molecular weight excluding hydrogens is 291 g/mol. The van der Waals surface area contributed by atoms with Crippen LogP contribution in [0.25, 0.3) is 0 Å². The summed E-state index contributed by atoms with van der Waals surface area (Å²) in [6.07, 6.45) is 1.80. The Balaban J connectivity index is 2.83. The Morgan fingerprint density at radius 3 is 2.44 bits per heavy atom. The van der Waals surface area contributed by atoms with Gasteiger partial charge in [0.2, 0.25) is 0 Å². The molecule has 2 rings (SSSR count). The van der Waals surface area contributed by atoms with Crippen LogP contribution in [-0.4, -0.2) is 18.5 Å². The van der Waals surface area contributed by atoms with Crippen LogP contribution in [0.1, 0.15) is 5.56 Å². The lowest BCUT2D eigenvalue weighted by atomic mass is 10.1. The topological polar surface area (TPSA) is 50.1 Å². The Bertz CT molecular complexity index is 492. The number of anilines is 1. The Morgan fingerprint density at radius 1 is 1.25 bits per heavy atom. The molecule has 1 aliphatic rings. The largest absolute Gasteiger partial charge is 0.758 e. The van der Waals surface area contributed by atoms with E-state index in [0.717, 1.165) is 0 Å². The Labute approximate surface area is 112 Å². The number of nitrogens with zero attached hydrogens (tertiary/aromatic N) is 1. The highest BCUT2D eigenvalue weighted by Gasteiger charge is 2.28. The lowest BCUT2D eigenvalue weighted by molar-refractivity contribution is 1.16. The molecule has 0 fully saturated rings. The maximum atomic E-state index is 11.6. The summed E-state index contributed by atoms with van der Waals surface area (Å²) in [4.78, 5) is 0.572. The summed E-state index contributed by atoms with van der Waals surface area (Å²) < 4.78 is 0. The zero-order valence-electron chi connectivity index (χ0n) is 8.10. The minimum atomic E-state index is -0.0388. The van der Waals surface area contributed by atoms with Crippen LogP contribution in [0.4, 0.5) is 5.69 Å². The van der Waals surface area contributed by atoms with Crippen molar-refractivity contribution < 1.29 is 0 Å². The third-order valence-electron chi connectivity index (χ3n) is 2.31. The number of benzene rings is 1. The molecule has 0 aliphatic carbocycles. The molecule has 0 saturated heterocycles. The summed E-state index contributed by atoms with van der Waals surface area (Å²) in [5, 5.41) is 20.8. The highest BCUT2D eigenvalue weighted by molar-refractivity contribution is 7.98. The first-order valence-electron chi connectivity index (χ1n) is 4.26. The van der Waals surface area contributed by atoms with Gasteiger partial charge in [-0.15, -0.1) is 11.8 Å². The molecule has 3 nitrogen and oxygen atoms in total. The predicted octanol–water partition coefficient (Wildman–Crippen LogP) is 4.05. The van der Waals surface area contributed by atoms with Gasteiger partial charge in [-0.05, 0) is 6.26 Å². The number of rotatable bonds is 1. The molecular formula is C9H6Cl3N2OS-. The molecule has 1 aliphatic heterocycles. The van der Waals surface area contributed by atoms with E-state index >= 15 is 0 Å². The van der Waals surface area contributed by atoms with Crippen molar-refractivity contribution in [3.8, 4) is 0 Å². The van der Waals surface area contributed by atoms with Crippen LogP contribution in [0.15, 0.2) is 4.90 Å². The molecule has 1 heterocycles. The normalized spacial score (nSPS) is 14.6. The van der Waals surface area contributed by atoms with Gasteiger partial charge in [-0.25, -0.2) is 0 Å². The van der Waals surface area contributed by atoms with Crippen LogP contribution in [-0.2, 0) is 0 Å². The number of halogens is 3. The zero-order valence-corrected chi connectivity index (χ0v) is 11.2. The molecule has 0 aromatic heterocycles. The standard InChI is InChI=1S/C9H6Cl3N2OS/c1-16-9-6(11)5(10)4-3(13)2-14(15)8(4)7(9)12/h13H,2H2,1H3/q-1. The Hall–Kier alpha value is -0.130. The first-order valence-corrected chi connectivity index (χ1v) is 6.61. The van der Waals surface area contributed by atoms with Gasteiger partial charge in [0.25, 0.3) is 0 Å². The van der Waals surface area contributed by atoms with Crippen LogP contribution in [0.3, 0.4) is 0 Å². The van der Waals surface area contributed by atoms with Crippen molar-refractivity contribution in [2.45, 2.75) is 4.90 Å². The smallest absolute Gasteiger partial charge is 0.0790 e. The molecule has 0 radical (unpaired) electrons. The fourth-order valence-corrected chi connectivity index (χ4v) is 3.51. The summed E-state index contributed by atoms with van der Waals surface area (Å²) in [6, 6.07) is 0. The van der Waals surface area contributed by atoms with E-state index < -0.39 is 0 Å². The van der Waals surface area contributed by atoms with Crippen molar-refractivity contribution in [3.63, 3.8) is 0 Å². The molecule has 0 unspecified atom stereocenters. The highest BCUT2D eigenvalue weighted by atomic mass is 35.5. The maximum Gasteiger partial charge on any atom is 0.0790 e. The zero-order chi connectivity index (χ0) is 12.0. The molecule has 0 atom stereocenters. The molecule has 7 heteroatoms. The number of hydroxylamine groups is 1. The first-order chi connectivity index (χ1) is 7.49. The Kier molecular flexibility index (Phi) is 3.29. The minimum absolute atomic E-state index is 0.0388. The van der Waals surface area contributed by atoms with Crippen LogP contribution in [0.2, 0.25) is 15.1 Å². The van der Waals surface area contributed by atoms with E-state index in [1.54, 1.807) is 6.26 Å². The monoisotopic (exact) mass is 295 g/mol. The molecule has 1 aromatic rings. The van der Waals surface area contributed by atoms with Gasteiger partial charge < -0.3 is 15.7 Å². The summed E-state index contributed by atoms with van der Waals surface area (Å²) in [5.74, 6) is 0. The van der Waals surface area contributed by atoms with E-state index in [0.29, 0.717) is 20.5 Å². The number of nitrogens with one attached hydrogen (secondary N) is 1. The van der Waals surface area contributed by atoms with Crippen molar-refractivity contribution >= 4 is 58.0 Å². The molecule has 0 bridgehead atoms. The van der Waals surface area contributed by atoms with E-state index in [9.17, 15) is 5.21 Å². The third kappa shape index (κ3) is 1.60. The SMILES string of the molecule is CSc1c(Cl)c(Cl)c2c(c1Cl)N([O-])CC2=N. The van der Waals surface area contributed by atoms with E-state index in [1.165, 1.54) is 11.8 Å². The van der Waals surface area contributed by atoms with Gasteiger partial charge in [0, 0.05) is 17.0 Å². The van der Waals surface area contributed by atoms with E-state index in [1.807, 2.05) is 0 Å². The van der Waals surface area contributed by atoms with Crippen molar-refractivity contribution in [2.24, 2.45) is 0 Å². The summed E-state index contributed by atoms with van der Waals surface area (Å²) in [7, 11) is 0. The fourth-order valence-electron chi connectivity index (χ4n) is 1.62. The molecule has 86 valence electrons. The minimum Gasteiger partial charge on any atom is -0.758 e. The quantitative estimate of drug-likeness (QED) is 0.628. The number of thioether (sulfide) groups is 1. The lowest BCUT2D eigenvalue weighted by Gasteiger charge is -2.26. The average Bonchev–Trinajstić information content (AvgIpc) is 2.52. The van der Waals surface area contributed by atoms with Gasteiger partial charge in [-0.3, -0.25) is 0 Å². The molecule has 1 aromatic carbocycles. The van der Waals surface area contributed by atoms with Gasteiger partial charge in [-0.2, -0.15) is 0 Å². The second kappa shape index (κ2) is 4.27. The lowest BCUT2D eigenvalue weighted by Crippen LogP contribution is -2.13. The van der Waals surface area contributed by atoms with E-state index in [-0.39, 0.29) is 28.0 Å². The summed E-state index contributed by atoms with van der Waals surface area (Å²) in [5.41, 5.74) is 0.751. The third-order valence-corrected chi connectivity index (χ3v) is 4.57. The first kappa shape index (κ1) is 12.3. The van der Waals surface area contributed by atoms with Gasteiger partial charge in [-0.1, -0.05) is 34.8 Å². The molecule has 0 amide bonds. The molecule has 0 spiro atoms. The second-order valence-electron chi connectivity index (χ2n) is 3.21. The van der Waals surface area contributed by atoms with Crippen LogP contribution in [0.5, 0.6) is 0 Å². The summed E-state index contributed by atoms with van der Waals surface area (Å²) in [6.45, 7) is -0.0388. The van der Waals surface area contributed by atoms with Gasteiger partial charge in [0.05, 0.1) is 26.5 Å². The summed E-state index contributed by atoms with van der Waals surface area (Å²) >= 11 is 19.5. The maximum absolute atomic E-state index is 11.6. The number of fused-ring (bicyclic) bond motifs is 1. The fraction of sp³-hybridized carbons (Fsp3) is 0.222. The van der Waals surface area contributed by atoms with E-state index in [2.05, 4.69) is 0 Å². The van der Waals surface area contributed by atoms with E-state index in [4.69, 9.17) is 40.2 Å². The van der Waals surface area contributed by atoms with Crippen LogP contribution >= 0.6 is 46.6 Å². The predicted molar refractivity (Wildman–Crippen MR) is 70.8 cm³/mol. The van der Waals surface area contributed by atoms with Crippen molar-refractivity contribution in [1.82, 2.24) is 0 Å². The van der Waals surface area contributed by atoms with Crippen molar-refractivity contribution in [2.75, 3.05) is 17.9 Å². The molecule has 0 saturated carbocycles.